The van der Waals surface area contributed by atoms with Crippen molar-refractivity contribution in [1.29, 1.82) is 0 Å². The van der Waals surface area contributed by atoms with Gasteiger partial charge in [-0.05, 0) is 24.3 Å². The fourth-order valence-electron chi connectivity index (χ4n) is 1.42. The molecular weight excluding hydrogens is 174 g/mol. The van der Waals surface area contributed by atoms with Gasteiger partial charge >= 0.3 is 0 Å². The van der Waals surface area contributed by atoms with Crippen LogP contribution < -0.4 is 5.73 Å². The molecule has 0 aliphatic heterocycles. The number of aryl methyl sites for hydroxylation is 1. The van der Waals surface area contributed by atoms with Crippen molar-refractivity contribution in [3.63, 3.8) is 0 Å². The predicted molar refractivity (Wildman–Crippen MR) is 57.9 cm³/mol. The van der Waals surface area contributed by atoms with E-state index in [0.29, 0.717) is 0 Å². The molecule has 0 aliphatic rings. The van der Waals surface area contributed by atoms with Gasteiger partial charge in [0.2, 0.25) is 0 Å². The van der Waals surface area contributed by atoms with Gasteiger partial charge in [0.15, 0.2) is 0 Å². The molecule has 0 atom stereocenters. The molecule has 0 saturated carbocycles. The maximum absolute atomic E-state index is 5.69. The van der Waals surface area contributed by atoms with Gasteiger partial charge in [0, 0.05) is 17.7 Å². The molecule has 0 aliphatic carbocycles. The topological polar surface area (TPSA) is 39.2 Å². The molecule has 0 amide bonds. The summed E-state index contributed by atoms with van der Waals surface area (Å²) in [6, 6.07) is 11.7. The number of nitrogen functional groups attached to an aromatic ring is 1. The fraction of sp³-hybridized carbons (Fsp3) is 0.167. The van der Waals surface area contributed by atoms with Crippen molar-refractivity contribution in [1.82, 2.24) is 0 Å². The summed E-state index contributed by atoms with van der Waals surface area (Å²) in [7, 11) is 0. The van der Waals surface area contributed by atoms with Crippen molar-refractivity contribution < 1.29 is 4.42 Å². The van der Waals surface area contributed by atoms with Gasteiger partial charge in [0.05, 0.1) is 0 Å². The smallest absolute Gasteiger partial charge is 0.134 e. The van der Waals surface area contributed by atoms with Crippen LogP contribution in [0.25, 0.3) is 11.3 Å². The first-order valence-corrected chi connectivity index (χ1v) is 4.74. The Hall–Kier alpha value is -1.70. The molecule has 2 nitrogen and oxygen atoms in total. The minimum Gasteiger partial charge on any atom is -0.461 e. The predicted octanol–water partition coefficient (Wildman–Crippen LogP) is 3.09. The summed E-state index contributed by atoms with van der Waals surface area (Å²) < 4.78 is 5.62. The van der Waals surface area contributed by atoms with Crippen molar-refractivity contribution in [3.8, 4) is 11.3 Å². The molecule has 14 heavy (non-hydrogen) atoms. The summed E-state index contributed by atoms with van der Waals surface area (Å²) in [5, 5.41) is 0. The van der Waals surface area contributed by atoms with E-state index in [1.54, 1.807) is 0 Å². The standard InChI is InChI=1S/C12H13NO/c1-2-11-6-7-12(14-11)9-4-3-5-10(13)8-9/h3-8H,2,13H2,1H3. The van der Waals surface area contributed by atoms with Gasteiger partial charge in [-0.3, -0.25) is 0 Å². The molecule has 0 radical (unpaired) electrons. The van der Waals surface area contributed by atoms with Gasteiger partial charge < -0.3 is 10.2 Å². The monoisotopic (exact) mass is 187 g/mol. The van der Waals surface area contributed by atoms with E-state index < -0.39 is 0 Å². The number of anilines is 1. The highest BCUT2D eigenvalue weighted by molar-refractivity contribution is 5.62. The Balaban J connectivity index is 2.39. The van der Waals surface area contributed by atoms with Gasteiger partial charge in [-0.2, -0.15) is 0 Å². The van der Waals surface area contributed by atoms with E-state index in [0.717, 1.165) is 29.2 Å². The van der Waals surface area contributed by atoms with Gasteiger partial charge in [-0.25, -0.2) is 0 Å². The first-order valence-electron chi connectivity index (χ1n) is 4.74. The average molecular weight is 187 g/mol. The van der Waals surface area contributed by atoms with E-state index in [1.165, 1.54) is 0 Å². The first kappa shape index (κ1) is 8.88. The molecule has 0 unspecified atom stereocenters. The summed E-state index contributed by atoms with van der Waals surface area (Å²) >= 11 is 0. The summed E-state index contributed by atoms with van der Waals surface area (Å²) in [5.41, 5.74) is 7.49. The maximum Gasteiger partial charge on any atom is 0.134 e. The second-order valence-electron chi connectivity index (χ2n) is 3.24. The van der Waals surface area contributed by atoms with Gasteiger partial charge in [-0.15, -0.1) is 0 Å². The second-order valence-corrected chi connectivity index (χ2v) is 3.24. The highest BCUT2D eigenvalue weighted by atomic mass is 16.3. The summed E-state index contributed by atoms with van der Waals surface area (Å²) in [4.78, 5) is 0. The van der Waals surface area contributed by atoms with Crippen LogP contribution in [-0.4, -0.2) is 0 Å². The Morgan fingerprint density at radius 2 is 2.07 bits per heavy atom. The van der Waals surface area contributed by atoms with Crippen molar-refractivity contribution in [2.24, 2.45) is 0 Å². The normalized spacial score (nSPS) is 10.4. The minimum absolute atomic E-state index is 0.761. The number of nitrogens with two attached hydrogens (primary N) is 1. The number of hydrogen-bond acceptors (Lipinski definition) is 2. The molecule has 2 rings (SSSR count). The number of benzene rings is 1. The highest BCUT2D eigenvalue weighted by Crippen LogP contribution is 2.23. The molecule has 2 aromatic rings. The van der Waals surface area contributed by atoms with E-state index >= 15 is 0 Å². The Labute approximate surface area is 83.4 Å². The van der Waals surface area contributed by atoms with Crippen LogP contribution in [0.3, 0.4) is 0 Å². The molecule has 0 fully saturated rings. The van der Waals surface area contributed by atoms with Crippen molar-refractivity contribution in [2.75, 3.05) is 5.73 Å². The van der Waals surface area contributed by atoms with E-state index in [4.69, 9.17) is 10.2 Å². The molecule has 0 saturated heterocycles. The molecule has 1 aromatic heterocycles. The van der Waals surface area contributed by atoms with Crippen LogP contribution in [-0.2, 0) is 6.42 Å². The zero-order valence-corrected chi connectivity index (χ0v) is 8.16. The quantitative estimate of drug-likeness (QED) is 0.734. The van der Waals surface area contributed by atoms with E-state index in [2.05, 4.69) is 6.92 Å². The summed E-state index contributed by atoms with van der Waals surface area (Å²) in [5.74, 6) is 1.89. The third-order valence-corrected chi connectivity index (χ3v) is 2.18. The number of furan rings is 1. The molecular formula is C12H13NO. The lowest BCUT2D eigenvalue weighted by Crippen LogP contribution is -1.83. The fourth-order valence-corrected chi connectivity index (χ4v) is 1.42. The van der Waals surface area contributed by atoms with Crippen LogP contribution in [0.2, 0.25) is 0 Å². The molecule has 1 heterocycles. The van der Waals surface area contributed by atoms with Crippen LogP contribution in [0.1, 0.15) is 12.7 Å². The molecule has 2 heteroatoms. The first-order chi connectivity index (χ1) is 6.79. The average Bonchev–Trinajstić information content (AvgIpc) is 2.66. The third-order valence-electron chi connectivity index (χ3n) is 2.18. The van der Waals surface area contributed by atoms with Crippen LogP contribution in [0.15, 0.2) is 40.8 Å². The van der Waals surface area contributed by atoms with Gasteiger partial charge in [-0.1, -0.05) is 19.1 Å². The lowest BCUT2D eigenvalue weighted by Gasteiger charge is -1.98. The Bertz CT molecular complexity index is 431. The molecule has 0 spiro atoms. The van der Waals surface area contributed by atoms with E-state index in [-0.39, 0.29) is 0 Å². The van der Waals surface area contributed by atoms with Crippen molar-refractivity contribution in [2.45, 2.75) is 13.3 Å². The lowest BCUT2D eigenvalue weighted by molar-refractivity contribution is 0.529. The third kappa shape index (κ3) is 1.64. The van der Waals surface area contributed by atoms with Crippen molar-refractivity contribution >= 4 is 5.69 Å². The molecule has 0 bridgehead atoms. The second kappa shape index (κ2) is 3.58. The number of rotatable bonds is 2. The SMILES string of the molecule is CCc1ccc(-c2cccc(N)c2)o1. The Morgan fingerprint density at radius 1 is 1.21 bits per heavy atom. The molecule has 2 N–H and O–H groups in total. The van der Waals surface area contributed by atoms with Crippen LogP contribution in [0, 0.1) is 0 Å². The highest BCUT2D eigenvalue weighted by Gasteiger charge is 2.02. The van der Waals surface area contributed by atoms with Gasteiger partial charge in [0.1, 0.15) is 11.5 Å². The van der Waals surface area contributed by atoms with E-state index in [9.17, 15) is 0 Å². The molecule has 1 aromatic carbocycles. The maximum atomic E-state index is 5.69. The Morgan fingerprint density at radius 3 is 2.71 bits per heavy atom. The molecule has 72 valence electrons. The lowest BCUT2D eigenvalue weighted by atomic mass is 10.1. The van der Waals surface area contributed by atoms with Crippen LogP contribution >= 0.6 is 0 Å². The Kier molecular flexibility index (Phi) is 2.27. The summed E-state index contributed by atoms with van der Waals surface area (Å²) in [6.45, 7) is 2.07. The van der Waals surface area contributed by atoms with E-state index in [1.807, 2.05) is 36.4 Å². The van der Waals surface area contributed by atoms with Gasteiger partial charge in [0.25, 0.3) is 0 Å². The largest absolute Gasteiger partial charge is 0.461 e. The zero-order valence-electron chi connectivity index (χ0n) is 8.16. The van der Waals surface area contributed by atoms with Crippen LogP contribution in [0.4, 0.5) is 5.69 Å². The minimum atomic E-state index is 0.761. The van der Waals surface area contributed by atoms with Crippen LogP contribution in [0.5, 0.6) is 0 Å². The number of hydrogen-bond donors (Lipinski definition) is 1. The van der Waals surface area contributed by atoms with Crippen molar-refractivity contribution in [3.05, 3.63) is 42.2 Å². The summed E-state index contributed by atoms with van der Waals surface area (Å²) in [6.07, 6.45) is 0.919. The zero-order chi connectivity index (χ0) is 9.97.